The lowest BCUT2D eigenvalue weighted by molar-refractivity contribution is 0.0303. The smallest absolute Gasteiger partial charge is 0.273 e. The number of carbonyl (C=O) groups is 2. The van der Waals surface area contributed by atoms with Gasteiger partial charge in [-0.15, -0.1) is 10.2 Å². The van der Waals surface area contributed by atoms with E-state index in [2.05, 4.69) is 20.5 Å². The molecule has 2 aliphatic rings. The molecular formula is C20H26N8O3. The van der Waals surface area contributed by atoms with Crippen LogP contribution in [-0.2, 0) is 4.74 Å². The van der Waals surface area contributed by atoms with Crippen LogP contribution < -0.4 is 21.7 Å². The van der Waals surface area contributed by atoms with Gasteiger partial charge in [0.1, 0.15) is 0 Å². The molecule has 4 rings (SSSR count). The Kier molecular flexibility index (Phi) is 6.23. The van der Waals surface area contributed by atoms with E-state index in [1.54, 1.807) is 29.2 Å². The van der Waals surface area contributed by atoms with E-state index in [-0.39, 0.29) is 23.5 Å². The lowest BCUT2D eigenvalue weighted by Crippen LogP contribution is -2.43. The van der Waals surface area contributed by atoms with Crippen LogP contribution in [-0.4, -0.2) is 77.3 Å². The van der Waals surface area contributed by atoms with E-state index in [1.165, 1.54) is 0 Å². The van der Waals surface area contributed by atoms with E-state index >= 15 is 0 Å². The van der Waals surface area contributed by atoms with Gasteiger partial charge in [-0.05, 0) is 37.1 Å². The minimum Gasteiger partial charge on any atom is -0.378 e. The van der Waals surface area contributed by atoms with Crippen LogP contribution in [0.15, 0.2) is 24.3 Å². The minimum absolute atomic E-state index is 0.0416. The summed E-state index contributed by atoms with van der Waals surface area (Å²) in [6.45, 7) is 3.64. The van der Waals surface area contributed by atoms with Crippen LogP contribution in [0.25, 0.3) is 0 Å². The normalized spacial score (nSPS) is 19.2. The maximum Gasteiger partial charge on any atom is 0.273 e. The zero-order valence-corrected chi connectivity index (χ0v) is 17.2. The molecule has 0 aliphatic carbocycles. The highest BCUT2D eigenvalue weighted by atomic mass is 16.5. The summed E-state index contributed by atoms with van der Waals surface area (Å²) in [5.74, 6) is -0.172. The van der Waals surface area contributed by atoms with E-state index in [1.807, 2.05) is 4.90 Å². The first-order valence-corrected chi connectivity index (χ1v) is 10.3. The zero-order chi connectivity index (χ0) is 21.8. The first kappa shape index (κ1) is 20.9. The molecule has 1 atom stereocenters. The van der Waals surface area contributed by atoms with E-state index in [0.29, 0.717) is 50.0 Å². The summed E-state index contributed by atoms with van der Waals surface area (Å²) in [6, 6.07) is 6.99. The third-order valence-electron chi connectivity index (χ3n) is 5.34. The van der Waals surface area contributed by atoms with Crippen LogP contribution in [0, 0.1) is 0 Å². The molecule has 31 heavy (non-hydrogen) atoms. The molecule has 0 saturated carbocycles. The fourth-order valence-corrected chi connectivity index (χ4v) is 3.68. The maximum absolute atomic E-state index is 12.6. The number of aromatic nitrogens is 3. The zero-order valence-electron chi connectivity index (χ0n) is 17.2. The molecule has 2 aromatic rings. The summed E-state index contributed by atoms with van der Waals surface area (Å²) in [4.78, 5) is 32.6. The van der Waals surface area contributed by atoms with Crippen molar-refractivity contribution in [3.8, 4) is 0 Å². The van der Waals surface area contributed by atoms with Gasteiger partial charge in [0.25, 0.3) is 11.8 Å². The highest BCUT2D eigenvalue weighted by molar-refractivity contribution is 5.97. The Morgan fingerprint density at radius 2 is 1.84 bits per heavy atom. The molecule has 1 aromatic heterocycles. The Morgan fingerprint density at radius 1 is 1.10 bits per heavy atom. The predicted molar refractivity (Wildman–Crippen MR) is 114 cm³/mol. The summed E-state index contributed by atoms with van der Waals surface area (Å²) in [7, 11) is 0. The Hall–Kier alpha value is -3.31. The predicted octanol–water partition coefficient (Wildman–Crippen LogP) is 0.114. The van der Waals surface area contributed by atoms with Crippen LogP contribution in [0.2, 0.25) is 0 Å². The summed E-state index contributed by atoms with van der Waals surface area (Å²) in [5.41, 5.74) is 12.7. The number of ether oxygens (including phenoxy) is 1. The van der Waals surface area contributed by atoms with Gasteiger partial charge in [0.2, 0.25) is 5.95 Å². The Bertz CT molecular complexity index is 946. The molecule has 0 bridgehead atoms. The lowest BCUT2D eigenvalue weighted by Gasteiger charge is -2.30. The van der Waals surface area contributed by atoms with Gasteiger partial charge < -0.3 is 31.3 Å². The summed E-state index contributed by atoms with van der Waals surface area (Å²) in [6.07, 6.45) is 1.88. The summed E-state index contributed by atoms with van der Waals surface area (Å²) >= 11 is 0. The van der Waals surface area contributed by atoms with E-state index < -0.39 is 5.91 Å². The van der Waals surface area contributed by atoms with E-state index in [9.17, 15) is 9.59 Å². The molecule has 2 amide bonds. The van der Waals surface area contributed by atoms with Crippen molar-refractivity contribution in [2.75, 3.05) is 49.6 Å². The number of rotatable bonds is 5. The second-order valence-electron chi connectivity index (χ2n) is 7.63. The number of nitrogens with two attached hydrogens (primary N) is 2. The number of benzene rings is 1. The van der Waals surface area contributed by atoms with E-state index in [0.717, 1.165) is 19.4 Å². The molecule has 0 spiro atoms. The molecule has 3 heterocycles. The Morgan fingerprint density at radius 3 is 2.52 bits per heavy atom. The van der Waals surface area contributed by atoms with Crippen molar-refractivity contribution in [3.63, 3.8) is 0 Å². The van der Waals surface area contributed by atoms with Crippen molar-refractivity contribution < 1.29 is 14.3 Å². The number of piperidine rings is 1. The topological polar surface area (TPSA) is 153 Å². The highest BCUT2D eigenvalue weighted by Crippen LogP contribution is 2.22. The first-order valence-electron chi connectivity index (χ1n) is 10.3. The second kappa shape index (κ2) is 9.23. The van der Waals surface area contributed by atoms with Crippen LogP contribution in [0.5, 0.6) is 0 Å². The fourth-order valence-electron chi connectivity index (χ4n) is 3.68. The molecule has 2 saturated heterocycles. The third kappa shape index (κ3) is 4.89. The van der Waals surface area contributed by atoms with E-state index in [4.69, 9.17) is 16.2 Å². The van der Waals surface area contributed by atoms with Crippen molar-refractivity contribution in [3.05, 3.63) is 35.5 Å². The number of primary amides is 1. The molecule has 164 valence electrons. The fraction of sp³-hybridized carbons (Fsp3) is 0.450. The number of anilines is 3. The largest absolute Gasteiger partial charge is 0.378 e. The summed E-state index contributed by atoms with van der Waals surface area (Å²) < 4.78 is 5.29. The minimum atomic E-state index is -0.733. The van der Waals surface area contributed by atoms with Crippen LogP contribution in [0.4, 0.5) is 17.5 Å². The number of carbonyl (C=O) groups excluding carboxylic acids is 2. The van der Waals surface area contributed by atoms with Gasteiger partial charge in [-0.1, -0.05) is 0 Å². The molecule has 11 nitrogen and oxygen atoms in total. The number of morpholine rings is 1. The van der Waals surface area contributed by atoms with Gasteiger partial charge in [0.15, 0.2) is 11.5 Å². The molecular weight excluding hydrogens is 400 g/mol. The average Bonchev–Trinajstić information content (AvgIpc) is 2.79. The number of amides is 2. The molecule has 2 fully saturated rings. The standard InChI is InChI=1S/C20H26N8O3/c21-14-2-1-7-28(12-14)20-24-18(16(17(22)29)25-26-20)23-15-5-3-13(4-6-15)19(30)27-8-10-31-11-9-27/h3-6,14H,1-2,7-12,21H2,(H2,22,29)(H,23,24,26)/t14-/m1/s1. The highest BCUT2D eigenvalue weighted by Gasteiger charge is 2.23. The Labute approximate surface area is 179 Å². The average molecular weight is 426 g/mol. The number of nitrogens with zero attached hydrogens (tertiary/aromatic N) is 5. The van der Waals surface area contributed by atoms with Crippen molar-refractivity contribution >= 4 is 29.3 Å². The molecule has 2 aliphatic heterocycles. The molecule has 0 unspecified atom stereocenters. The molecule has 11 heteroatoms. The maximum atomic E-state index is 12.6. The Balaban J connectivity index is 1.52. The molecule has 0 radical (unpaired) electrons. The van der Waals surface area contributed by atoms with Gasteiger partial charge in [-0.25, -0.2) is 0 Å². The molecule has 1 aromatic carbocycles. The third-order valence-corrected chi connectivity index (χ3v) is 5.34. The van der Waals surface area contributed by atoms with Gasteiger partial charge >= 0.3 is 0 Å². The second-order valence-corrected chi connectivity index (χ2v) is 7.63. The van der Waals surface area contributed by atoms with Gasteiger partial charge in [0, 0.05) is 43.5 Å². The number of nitrogens with one attached hydrogen (secondary N) is 1. The van der Waals surface area contributed by atoms with Crippen molar-refractivity contribution in [2.45, 2.75) is 18.9 Å². The van der Waals surface area contributed by atoms with Gasteiger partial charge in [-0.2, -0.15) is 4.98 Å². The molecule has 5 N–H and O–H groups in total. The van der Waals surface area contributed by atoms with Gasteiger partial charge in [-0.3, -0.25) is 9.59 Å². The number of hydrogen-bond donors (Lipinski definition) is 3. The lowest BCUT2D eigenvalue weighted by atomic mass is 10.1. The quantitative estimate of drug-likeness (QED) is 0.605. The van der Waals surface area contributed by atoms with Crippen molar-refractivity contribution in [2.24, 2.45) is 11.5 Å². The van der Waals surface area contributed by atoms with Gasteiger partial charge in [0.05, 0.1) is 13.2 Å². The van der Waals surface area contributed by atoms with Crippen molar-refractivity contribution in [1.29, 1.82) is 0 Å². The van der Waals surface area contributed by atoms with Crippen LogP contribution in [0.1, 0.15) is 33.7 Å². The summed E-state index contributed by atoms with van der Waals surface area (Å²) in [5, 5.41) is 11.1. The number of hydrogen-bond acceptors (Lipinski definition) is 9. The van der Waals surface area contributed by atoms with Crippen LogP contribution in [0.3, 0.4) is 0 Å². The van der Waals surface area contributed by atoms with Crippen LogP contribution >= 0.6 is 0 Å². The van der Waals surface area contributed by atoms with Crippen molar-refractivity contribution in [1.82, 2.24) is 20.1 Å². The SMILES string of the molecule is NC(=O)c1nnc(N2CCC[C@@H](N)C2)nc1Nc1ccc(C(=O)N2CCOCC2)cc1. The monoisotopic (exact) mass is 426 g/mol. The first-order chi connectivity index (χ1) is 15.0.